The van der Waals surface area contributed by atoms with E-state index in [1.807, 2.05) is 45.9 Å². The lowest BCUT2D eigenvalue weighted by atomic mass is 9.79. The molecular weight excluding hydrogens is 308 g/mol. The Bertz CT molecular complexity index is 592. The van der Waals surface area contributed by atoms with Crippen molar-refractivity contribution in [1.82, 2.24) is 4.98 Å². The molecule has 0 aromatic carbocycles. The van der Waals surface area contributed by atoms with Crippen molar-refractivity contribution >= 4 is 7.12 Å². The normalized spacial score (nSPS) is 25.6. The van der Waals surface area contributed by atoms with Gasteiger partial charge in [0, 0.05) is 12.3 Å². The summed E-state index contributed by atoms with van der Waals surface area (Å²) in [7, 11) is -0.891. The number of pyridine rings is 1. The van der Waals surface area contributed by atoms with Gasteiger partial charge < -0.3 is 14.0 Å². The third-order valence-corrected chi connectivity index (χ3v) is 5.26. The van der Waals surface area contributed by atoms with E-state index in [2.05, 4.69) is 4.98 Å². The second-order valence-corrected chi connectivity index (χ2v) is 7.52. The zero-order valence-electron chi connectivity index (χ0n) is 14.8. The molecule has 0 amide bonds. The predicted octanol–water partition coefficient (Wildman–Crippen LogP) is 4.26. The van der Waals surface area contributed by atoms with Gasteiger partial charge in [0.05, 0.1) is 11.2 Å². The van der Waals surface area contributed by atoms with Crippen LogP contribution in [0.25, 0.3) is 0 Å². The summed E-state index contributed by atoms with van der Waals surface area (Å²) in [4.78, 5) is 4.17. The molecule has 2 heterocycles. The summed E-state index contributed by atoms with van der Waals surface area (Å²) in [6.45, 7) is 7.73. The van der Waals surface area contributed by atoms with Crippen LogP contribution in [0.15, 0.2) is 35.7 Å². The SMILES string of the molecule is CC1(C)OB(C(F)=C2CCC(Oc3ccccn3)CC2)OC1(C)C. The van der Waals surface area contributed by atoms with Crippen molar-refractivity contribution in [1.29, 1.82) is 0 Å². The second kappa shape index (κ2) is 6.49. The maximum atomic E-state index is 14.8. The molecule has 2 aliphatic rings. The molecule has 0 bridgehead atoms. The van der Waals surface area contributed by atoms with Gasteiger partial charge in [0.15, 0.2) is 0 Å². The van der Waals surface area contributed by atoms with E-state index < -0.39 is 18.3 Å². The molecule has 1 aliphatic heterocycles. The van der Waals surface area contributed by atoms with Crippen LogP contribution in [0.4, 0.5) is 4.39 Å². The molecule has 0 unspecified atom stereocenters. The molecule has 130 valence electrons. The molecule has 1 saturated carbocycles. The van der Waals surface area contributed by atoms with Crippen LogP contribution in [0, 0.1) is 0 Å². The van der Waals surface area contributed by atoms with Crippen molar-refractivity contribution < 1.29 is 18.4 Å². The summed E-state index contributed by atoms with van der Waals surface area (Å²) < 4.78 is 32.3. The quantitative estimate of drug-likeness (QED) is 0.775. The number of hydrogen-bond acceptors (Lipinski definition) is 4. The fourth-order valence-electron chi connectivity index (χ4n) is 3.00. The zero-order valence-corrected chi connectivity index (χ0v) is 14.8. The van der Waals surface area contributed by atoms with Crippen LogP contribution in [0.5, 0.6) is 5.88 Å². The van der Waals surface area contributed by atoms with E-state index in [-0.39, 0.29) is 11.8 Å². The number of rotatable bonds is 3. The molecule has 1 saturated heterocycles. The van der Waals surface area contributed by atoms with Crippen molar-refractivity contribution in [3.63, 3.8) is 0 Å². The lowest BCUT2D eigenvalue weighted by molar-refractivity contribution is 0.00578. The van der Waals surface area contributed by atoms with Crippen molar-refractivity contribution in [3.05, 3.63) is 35.7 Å². The van der Waals surface area contributed by atoms with Gasteiger partial charge in [0.25, 0.3) is 0 Å². The third-order valence-electron chi connectivity index (χ3n) is 5.26. The summed E-state index contributed by atoms with van der Waals surface area (Å²) in [5.74, 6) is 0.626. The van der Waals surface area contributed by atoms with Gasteiger partial charge in [-0.3, -0.25) is 0 Å². The molecule has 6 heteroatoms. The third kappa shape index (κ3) is 3.49. The van der Waals surface area contributed by atoms with Gasteiger partial charge in [-0.2, -0.15) is 0 Å². The first-order valence-corrected chi connectivity index (χ1v) is 8.59. The Morgan fingerprint density at radius 2 is 1.79 bits per heavy atom. The van der Waals surface area contributed by atoms with Crippen LogP contribution >= 0.6 is 0 Å². The standard InChI is InChI=1S/C18H25BFNO3/c1-17(2)18(3,4)24-19(23-17)16(20)13-8-10-14(11-9-13)22-15-7-5-6-12-21-15/h5-7,12,14H,8-11H2,1-4H3. The highest BCUT2D eigenvalue weighted by Crippen LogP contribution is 2.40. The van der Waals surface area contributed by atoms with Crippen molar-refractivity contribution in [2.45, 2.75) is 70.7 Å². The van der Waals surface area contributed by atoms with E-state index in [1.165, 1.54) is 0 Å². The lowest BCUT2D eigenvalue weighted by Crippen LogP contribution is -2.41. The number of ether oxygens (including phenoxy) is 1. The van der Waals surface area contributed by atoms with Gasteiger partial charge in [-0.25, -0.2) is 9.37 Å². The topological polar surface area (TPSA) is 40.6 Å². The van der Waals surface area contributed by atoms with Gasteiger partial charge in [0.2, 0.25) is 5.88 Å². The molecule has 1 aromatic heterocycles. The van der Waals surface area contributed by atoms with Crippen LogP contribution in [0.3, 0.4) is 0 Å². The summed E-state index contributed by atoms with van der Waals surface area (Å²) in [6, 6.07) is 5.60. The van der Waals surface area contributed by atoms with Gasteiger partial charge in [-0.05, 0) is 65.0 Å². The monoisotopic (exact) mass is 333 g/mol. The fourth-order valence-corrected chi connectivity index (χ4v) is 3.00. The molecule has 1 aliphatic carbocycles. The highest BCUT2D eigenvalue weighted by Gasteiger charge is 2.53. The number of hydrogen-bond donors (Lipinski definition) is 0. The fraction of sp³-hybridized carbons (Fsp3) is 0.611. The second-order valence-electron chi connectivity index (χ2n) is 7.52. The van der Waals surface area contributed by atoms with Crippen molar-refractivity contribution in [2.24, 2.45) is 0 Å². The Balaban J connectivity index is 1.60. The summed E-state index contributed by atoms with van der Waals surface area (Å²) in [6.07, 6.45) is 4.66. The first-order chi connectivity index (χ1) is 11.3. The highest BCUT2D eigenvalue weighted by molar-refractivity contribution is 6.53. The maximum Gasteiger partial charge on any atom is 0.525 e. The molecular formula is C18H25BFNO3. The largest absolute Gasteiger partial charge is 0.525 e. The Labute approximate surface area is 143 Å². The van der Waals surface area contributed by atoms with Gasteiger partial charge in [-0.1, -0.05) is 6.07 Å². The molecule has 0 atom stereocenters. The Morgan fingerprint density at radius 1 is 1.17 bits per heavy atom. The number of allylic oxidation sites excluding steroid dienone is 1. The molecule has 4 nitrogen and oxygen atoms in total. The Morgan fingerprint density at radius 3 is 2.33 bits per heavy atom. The smallest absolute Gasteiger partial charge is 0.474 e. The molecule has 0 spiro atoms. The summed E-state index contributed by atoms with van der Waals surface area (Å²) >= 11 is 0. The zero-order chi connectivity index (χ0) is 17.4. The van der Waals surface area contributed by atoms with E-state index >= 15 is 0 Å². The van der Waals surface area contributed by atoms with Crippen molar-refractivity contribution in [3.8, 4) is 5.88 Å². The average Bonchev–Trinajstić information content (AvgIpc) is 2.76. The minimum Gasteiger partial charge on any atom is -0.474 e. The van der Waals surface area contributed by atoms with E-state index in [4.69, 9.17) is 14.0 Å². The maximum absolute atomic E-state index is 14.8. The van der Waals surface area contributed by atoms with Gasteiger partial charge in [-0.15, -0.1) is 0 Å². The average molecular weight is 333 g/mol. The first kappa shape index (κ1) is 17.4. The van der Waals surface area contributed by atoms with Crippen LogP contribution in [0.2, 0.25) is 0 Å². The van der Waals surface area contributed by atoms with Crippen LogP contribution in [-0.2, 0) is 9.31 Å². The van der Waals surface area contributed by atoms with E-state index in [1.54, 1.807) is 6.20 Å². The minimum absolute atomic E-state index is 0.0785. The predicted molar refractivity (Wildman–Crippen MR) is 91.3 cm³/mol. The number of aromatic nitrogens is 1. The first-order valence-electron chi connectivity index (χ1n) is 8.59. The summed E-state index contributed by atoms with van der Waals surface area (Å²) in [5.41, 5.74) is -0.511. The van der Waals surface area contributed by atoms with Gasteiger partial charge >= 0.3 is 7.12 Å². The molecule has 0 N–H and O–H groups in total. The number of halogens is 1. The van der Waals surface area contributed by atoms with Crippen molar-refractivity contribution in [2.75, 3.05) is 0 Å². The molecule has 2 fully saturated rings. The van der Waals surface area contributed by atoms with E-state index in [0.29, 0.717) is 18.7 Å². The Hall–Kier alpha value is -1.40. The molecule has 1 aromatic rings. The van der Waals surface area contributed by atoms with Crippen LogP contribution in [0.1, 0.15) is 53.4 Å². The van der Waals surface area contributed by atoms with Gasteiger partial charge in [0.1, 0.15) is 11.8 Å². The highest BCUT2D eigenvalue weighted by atomic mass is 19.1. The Kier molecular flexibility index (Phi) is 4.71. The molecule has 0 radical (unpaired) electrons. The number of nitrogens with zero attached hydrogens (tertiary/aromatic N) is 1. The van der Waals surface area contributed by atoms with E-state index in [0.717, 1.165) is 18.4 Å². The molecule has 3 rings (SSSR count). The van der Waals surface area contributed by atoms with E-state index in [9.17, 15) is 4.39 Å². The minimum atomic E-state index is -0.891. The van der Waals surface area contributed by atoms with Crippen LogP contribution in [-0.4, -0.2) is 29.4 Å². The van der Waals surface area contributed by atoms with Crippen LogP contribution < -0.4 is 4.74 Å². The summed E-state index contributed by atoms with van der Waals surface area (Å²) in [5, 5.41) is 0. The lowest BCUT2D eigenvalue weighted by Gasteiger charge is -2.32. The molecule has 24 heavy (non-hydrogen) atoms.